The van der Waals surface area contributed by atoms with E-state index in [1.807, 2.05) is 24.3 Å². The van der Waals surface area contributed by atoms with Gasteiger partial charge in [-0.25, -0.2) is 9.59 Å². The van der Waals surface area contributed by atoms with Crippen molar-refractivity contribution < 1.29 is 64.3 Å². The zero-order valence-electron chi connectivity index (χ0n) is 25.2. The van der Waals surface area contributed by atoms with Crippen molar-refractivity contribution in [1.29, 1.82) is 0 Å². The number of phenols is 5. The maximum atomic E-state index is 12.2. The SMILES string of the molecule is Cc1c(O)cc(C(=O)OCC(O)COc2ccc(Cc3ccc(OCC(O)COC(=O)c4cc(O)c(O)c(O)c4)cc3)cc2)cc1O. The van der Waals surface area contributed by atoms with Crippen molar-refractivity contribution in [2.75, 3.05) is 26.4 Å². The number of hydrogen-bond acceptors (Lipinski definition) is 13. The van der Waals surface area contributed by atoms with Gasteiger partial charge >= 0.3 is 11.9 Å². The van der Waals surface area contributed by atoms with Gasteiger partial charge in [-0.3, -0.25) is 0 Å². The summed E-state index contributed by atoms with van der Waals surface area (Å²) in [6.45, 7) is 0.439. The van der Waals surface area contributed by atoms with Gasteiger partial charge in [0.2, 0.25) is 0 Å². The molecule has 2 atom stereocenters. The van der Waals surface area contributed by atoms with Crippen LogP contribution in [0, 0.1) is 6.92 Å². The third-order valence-electron chi connectivity index (χ3n) is 6.85. The number of esters is 2. The average Bonchev–Trinajstić information content (AvgIpc) is 3.06. The Bertz CT molecular complexity index is 1510. The third-order valence-corrected chi connectivity index (χ3v) is 6.85. The van der Waals surface area contributed by atoms with Gasteiger partial charge in [-0.1, -0.05) is 24.3 Å². The molecule has 0 saturated heterocycles. The highest BCUT2D eigenvalue weighted by Crippen LogP contribution is 2.35. The molecule has 0 amide bonds. The van der Waals surface area contributed by atoms with Crippen LogP contribution in [0.15, 0.2) is 72.8 Å². The normalized spacial score (nSPS) is 12.1. The Morgan fingerprint density at radius 3 is 1.32 bits per heavy atom. The van der Waals surface area contributed by atoms with Crippen LogP contribution >= 0.6 is 0 Å². The molecule has 4 aromatic rings. The highest BCUT2D eigenvalue weighted by molar-refractivity contribution is 5.91. The van der Waals surface area contributed by atoms with E-state index in [2.05, 4.69) is 0 Å². The monoisotopic (exact) mass is 650 g/mol. The van der Waals surface area contributed by atoms with Gasteiger partial charge in [0.15, 0.2) is 17.2 Å². The minimum atomic E-state index is -1.15. The van der Waals surface area contributed by atoms with Gasteiger partial charge in [0.05, 0.1) is 11.1 Å². The Morgan fingerprint density at radius 2 is 0.936 bits per heavy atom. The first-order chi connectivity index (χ1) is 22.4. The molecule has 4 rings (SSSR count). The first-order valence-electron chi connectivity index (χ1n) is 14.3. The number of phenolic OH excluding ortho intramolecular Hbond substituents is 5. The van der Waals surface area contributed by atoms with E-state index in [-0.39, 0.29) is 48.0 Å². The summed E-state index contributed by atoms with van der Waals surface area (Å²) in [5, 5.41) is 68.2. The molecule has 0 aromatic heterocycles. The van der Waals surface area contributed by atoms with Crippen LogP contribution in [0.5, 0.6) is 40.2 Å². The summed E-state index contributed by atoms with van der Waals surface area (Å²) >= 11 is 0. The number of rotatable bonds is 14. The van der Waals surface area contributed by atoms with Crippen LogP contribution in [0.2, 0.25) is 0 Å². The minimum absolute atomic E-state index is 0.0503. The second-order valence-corrected chi connectivity index (χ2v) is 10.6. The summed E-state index contributed by atoms with van der Waals surface area (Å²) in [6, 6.07) is 18.6. The smallest absolute Gasteiger partial charge is 0.338 e. The molecule has 0 aliphatic heterocycles. The highest BCUT2D eigenvalue weighted by Gasteiger charge is 2.17. The standard InChI is InChI=1S/C34H34O13/c1-19-28(37)11-22(12-29(19)38)33(42)46-17-24(35)15-44-26-6-2-20(3-7-26)10-21-4-8-27(9-5-21)45-16-25(36)18-47-34(43)23-13-30(39)32(41)31(40)14-23/h2-9,11-14,24-25,35-41H,10,15-18H2,1H3. The van der Waals surface area contributed by atoms with E-state index < -0.39 is 48.0 Å². The summed E-state index contributed by atoms with van der Waals surface area (Å²) in [7, 11) is 0. The molecule has 4 aromatic carbocycles. The van der Waals surface area contributed by atoms with Gasteiger partial charge in [-0.05, 0) is 73.0 Å². The van der Waals surface area contributed by atoms with Crippen LogP contribution < -0.4 is 9.47 Å². The van der Waals surface area contributed by atoms with E-state index in [0.717, 1.165) is 23.3 Å². The summed E-state index contributed by atoms with van der Waals surface area (Å²) in [5.74, 6) is -3.38. The van der Waals surface area contributed by atoms with Gasteiger partial charge < -0.3 is 54.7 Å². The Labute approximate surface area is 269 Å². The molecular formula is C34H34O13. The van der Waals surface area contributed by atoms with Crippen molar-refractivity contribution in [3.63, 3.8) is 0 Å². The number of carbonyl (C=O) groups excluding carboxylic acids is 2. The van der Waals surface area contributed by atoms with Crippen molar-refractivity contribution in [3.05, 3.63) is 101 Å². The average molecular weight is 651 g/mol. The Morgan fingerprint density at radius 1 is 0.574 bits per heavy atom. The van der Waals surface area contributed by atoms with E-state index in [1.165, 1.54) is 19.1 Å². The van der Waals surface area contributed by atoms with Crippen LogP contribution in [-0.4, -0.2) is 86.3 Å². The molecule has 0 aliphatic rings. The molecule has 0 fully saturated rings. The molecule has 0 aliphatic carbocycles. The second-order valence-electron chi connectivity index (χ2n) is 10.6. The maximum absolute atomic E-state index is 12.2. The fourth-order valence-electron chi connectivity index (χ4n) is 4.16. The first kappa shape index (κ1) is 34.2. The number of aliphatic hydroxyl groups excluding tert-OH is 2. The molecule has 0 bridgehead atoms. The molecule has 7 N–H and O–H groups in total. The summed E-state index contributed by atoms with van der Waals surface area (Å²) in [5.41, 5.74) is 1.94. The summed E-state index contributed by atoms with van der Waals surface area (Å²) < 4.78 is 21.1. The number of aliphatic hydroxyl groups is 2. The number of aromatic hydroxyl groups is 5. The van der Waals surface area contributed by atoms with Gasteiger partial charge in [-0.2, -0.15) is 0 Å². The van der Waals surface area contributed by atoms with E-state index in [0.29, 0.717) is 17.9 Å². The number of benzene rings is 4. The van der Waals surface area contributed by atoms with Crippen LogP contribution in [0.25, 0.3) is 0 Å². The second kappa shape index (κ2) is 15.6. The Kier molecular flexibility index (Phi) is 11.3. The van der Waals surface area contributed by atoms with Crippen LogP contribution in [-0.2, 0) is 15.9 Å². The molecule has 0 spiro atoms. The van der Waals surface area contributed by atoms with Crippen molar-refractivity contribution in [3.8, 4) is 40.2 Å². The summed E-state index contributed by atoms with van der Waals surface area (Å²) in [6.07, 6.45) is -1.66. The fourth-order valence-corrected chi connectivity index (χ4v) is 4.16. The predicted molar refractivity (Wildman–Crippen MR) is 165 cm³/mol. The van der Waals surface area contributed by atoms with Gasteiger partial charge in [0.1, 0.15) is 61.6 Å². The Hall–Kier alpha value is -5.66. The molecule has 13 heteroatoms. The largest absolute Gasteiger partial charge is 0.508 e. The zero-order valence-corrected chi connectivity index (χ0v) is 25.2. The van der Waals surface area contributed by atoms with Crippen molar-refractivity contribution >= 4 is 11.9 Å². The molecule has 0 saturated carbocycles. The lowest BCUT2D eigenvalue weighted by Crippen LogP contribution is -2.25. The lowest BCUT2D eigenvalue weighted by atomic mass is 10.0. The van der Waals surface area contributed by atoms with E-state index in [9.17, 15) is 45.3 Å². The topological polar surface area (TPSA) is 213 Å². The maximum Gasteiger partial charge on any atom is 0.338 e. The van der Waals surface area contributed by atoms with Crippen LogP contribution in [0.1, 0.15) is 37.4 Å². The highest BCUT2D eigenvalue weighted by atomic mass is 16.6. The lowest BCUT2D eigenvalue weighted by molar-refractivity contribution is 0.0127. The molecule has 47 heavy (non-hydrogen) atoms. The van der Waals surface area contributed by atoms with Gasteiger partial charge in [0.25, 0.3) is 0 Å². The Balaban J connectivity index is 1.16. The molecular weight excluding hydrogens is 616 g/mol. The molecule has 0 radical (unpaired) electrons. The van der Waals surface area contributed by atoms with Crippen LogP contribution in [0.3, 0.4) is 0 Å². The number of ether oxygens (including phenoxy) is 4. The van der Waals surface area contributed by atoms with Gasteiger partial charge in [-0.15, -0.1) is 0 Å². The van der Waals surface area contributed by atoms with Crippen LogP contribution in [0.4, 0.5) is 0 Å². The fraction of sp³-hybridized carbons (Fsp3) is 0.235. The predicted octanol–water partition coefficient (Wildman–Crippen LogP) is 3.31. The number of hydrogen-bond donors (Lipinski definition) is 7. The quantitative estimate of drug-likeness (QED) is 0.0772. The van der Waals surface area contributed by atoms with E-state index >= 15 is 0 Å². The van der Waals surface area contributed by atoms with Gasteiger partial charge in [0, 0.05) is 5.56 Å². The zero-order chi connectivity index (χ0) is 34.1. The van der Waals surface area contributed by atoms with Crippen molar-refractivity contribution in [1.82, 2.24) is 0 Å². The minimum Gasteiger partial charge on any atom is -0.508 e. The first-order valence-corrected chi connectivity index (χ1v) is 14.3. The van der Waals surface area contributed by atoms with E-state index in [4.69, 9.17) is 18.9 Å². The summed E-state index contributed by atoms with van der Waals surface area (Å²) in [4.78, 5) is 24.3. The number of carbonyl (C=O) groups is 2. The molecule has 13 nitrogen and oxygen atoms in total. The molecule has 2 unspecified atom stereocenters. The van der Waals surface area contributed by atoms with Crippen molar-refractivity contribution in [2.45, 2.75) is 25.6 Å². The molecule has 0 heterocycles. The van der Waals surface area contributed by atoms with Crippen molar-refractivity contribution in [2.24, 2.45) is 0 Å². The van der Waals surface area contributed by atoms with E-state index in [1.54, 1.807) is 24.3 Å². The third kappa shape index (κ3) is 9.66. The molecule has 248 valence electrons. The lowest BCUT2D eigenvalue weighted by Gasteiger charge is -2.14.